The van der Waals surface area contributed by atoms with Crippen LogP contribution in [-0.4, -0.2) is 95.7 Å². The van der Waals surface area contributed by atoms with Gasteiger partial charge in [0.15, 0.2) is 0 Å². The van der Waals surface area contributed by atoms with Crippen molar-refractivity contribution in [2.75, 3.05) is 53.4 Å². The highest BCUT2D eigenvalue weighted by atomic mass is 16.5. The Morgan fingerprint density at radius 1 is 1.13 bits per heavy atom. The number of carboxylic acid groups (broad SMARTS) is 1. The number of hydrogen-bond acceptors (Lipinski definition) is 5. The first-order valence-electron chi connectivity index (χ1n) is 14.5. The van der Waals surface area contributed by atoms with Crippen molar-refractivity contribution in [2.45, 2.75) is 57.4 Å². The van der Waals surface area contributed by atoms with Crippen molar-refractivity contribution < 1.29 is 19.4 Å². The molecule has 39 heavy (non-hydrogen) atoms. The van der Waals surface area contributed by atoms with Crippen LogP contribution >= 0.6 is 0 Å². The number of likely N-dealkylation sites (tertiary alicyclic amines) is 1. The van der Waals surface area contributed by atoms with Gasteiger partial charge >= 0.3 is 5.97 Å². The molecule has 8 nitrogen and oxygen atoms in total. The predicted molar refractivity (Wildman–Crippen MR) is 153 cm³/mol. The molecular formula is C31H46N4O4. The zero-order valence-electron chi connectivity index (χ0n) is 24.1. The largest absolute Gasteiger partial charge is 0.493 e. The molecule has 1 aromatic carbocycles. The monoisotopic (exact) mass is 538 g/mol. The SMILES string of the molecule is CCCCN(CCCN(C)C)C(=O)CN1CC(c2ccc3c(c2)CCO3)C(C(=O)O)C1CCc1cccn1C. The van der Waals surface area contributed by atoms with Crippen molar-refractivity contribution in [3.8, 4) is 5.75 Å². The fourth-order valence-electron chi connectivity index (χ4n) is 6.24. The standard InChI is InChI=1S/C31H46N4O4/c1-5-6-17-34(18-8-15-32(2)3)29(36)22-35-21-26(23-10-13-28-24(20-23)14-19-39-28)30(31(37)38)27(35)12-11-25-9-7-16-33(25)4/h7,9-10,13,16,20,26-27,30H,5-6,8,11-12,14-15,17-19,21-22H2,1-4H3,(H,37,38). The lowest BCUT2D eigenvalue weighted by Crippen LogP contribution is -2.45. The van der Waals surface area contributed by atoms with Crippen molar-refractivity contribution in [3.63, 3.8) is 0 Å². The number of nitrogens with zero attached hydrogens (tertiary/aromatic N) is 4. The van der Waals surface area contributed by atoms with Crippen molar-refractivity contribution in [1.29, 1.82) is 0 Å². The second-order valence-corrected chi connectivity index (χ2v) is 11.5. The van der Waals surface area contributed by atoms with E-state index in [9.17, 15) is 14.7 Å². The molecule has 4 rings (SSSR count). The van der Waals surface area contributed by atoms with Gasteiger partial charge < -0.3 is 24.2 Å². The van der Waals surface area contributed by atoms with E-state index in [1.54, 1.807) is 0 Å². The first kappa shape index (κ1) is 29.2. The topological polar surface area (TPSA) is 78.2 Å². The van der Waals surface area contributed by atoms with Crippen LogP contribution in [-0.2, 0) is 29.5 Å². The molecule has 0 saturated carbocycles. The number of benzene rings is 1. The highest BCUT2D eigenvalue weighted by Crippen LogP contribution is 2.41. The van der Waals surface area contributed by atoms with Gasteiger partial charge in [-0.05, 0) is 75.6 Å². The molecule has 2 aliphatic rings. The van der Waals surface area contributed by atoms with E-state index in [0.717, 1.165) is 68.6 Å². The number of carbonyl (C=O) groups excluding carboxylic acids is 1. The Kier molecular flexibility index (Phi) is 10.1. The van der Waals surface area contributed by atoms with Crippen LogP contribution < -0.4 is 4.74 Å². The minimum absolute atomic E-state index is 0.109. The number of amides is 1. The van der Waals surface area contributed by atoms with Gasteiger partial charge in [0.2, 0.25) is 5.91 Å². The first-order valence-corrected chi connectivity index (χ1v) is 14.5. The molecule has 2 aliphatic heterocycles. The third kappa shape index (κ3) is 7.22. The van der Waals surface area contributed by atoms with Crippen LogP contribution in [0.15, 0.2) is 36.5 Å². The van der Waals surface area contributed by atoms with E-state index < -0.39 is 11.9 Å². The Hall–Kier alpha value is -2.84. The maximum absolute atomic E-state index is 13.7. The summed E-state index contributed by atoms with van der Waals surface area (Å²) >= 11 is 0. The number of aryl methyl sites for hydroxylation is 2. The first-order chi connectivity index (χ1) is 18.8. The fraction of sp³-hybridized carbons (Fsp3) is 0.613. The summed E-state index contributed by atoms with van der Waals surface area (Å²) in [5, 5.41) is 10.5. The normalized spacial score (nSPS) is 20.8. The molecule has 0 radical (unpaired) electrons. The summed E-state index contributed by atoms with van der Waals surface area (Å²) in [6.07, 6.45) is 7.28. The van der Waals surface area contributed by atoms with Crippen molar-refractivity contribution in [3.05, 3.63) is 53.3 Å². The number of rotatable bonds is 14. The fourth-order valence-corrected chi connectivity index (χ4v) is 6.24. The minimum Gasteiger partial charge on any atom is -0.493 e. The summed E-state index contributed by atoms with van der Waals surface area (Å²) in [4.78, 5) is 32.8. The number of unbranched alkanes of at least 4 members (excludes halogenated alkanes) is 1. The molecule has 1 amide bonds. The van der Waals surface area contributed by atoms with Gasteiger partial charge in [-0.3, -0.25) is 14.5 Å². The van der Waals surface area contributed by atoms with Crippen LogP contribution in [0, 0.1) is 5.92 Å². The molecule has 1 N–H and O–H groups in total. The van der Waals surface area contributed by atoms with Crippen molar-refractivity contribution in [1.82, 2.24) is 19.3 Å². The molecular weight excluding hydrogens is 492 g/mol. The van der Waals surface area contributed by atoms with Crippen LogP contribution in [0.4, 0.5) is 0 Å². The lowest BCUT2D eigenvalue weighted by molar-refractivity contribution is -0.143. The zero-order valence-corrected chi connectivity index (χ0v) is 24.1. The van der Waals surface area contributed by atoms with Gasteiger partial charge in [0.05, 0.1) is 19.1 Å². The average molecular weight is 539 g/mol. The number of carbonyl (C=O) groups is 2. The van der Waals surface area contributed by atoms with Gasteiger partial charge in [0.25, 0.3) is 0 Å². The van der Waals surface area contributed by atoms with Crippen LogP contribution in [0.5, 0.6) is 5.75 Å². The van der Waals surface area contributed by atoms with Crippen LogP contribution in [0.1, 0.15) is 55.3 Å². The molecule has 8 heteroatoms. The number of aromatic nitrogens is 1. The summed E-state index contributed by atoms with van der Waals surface area (Å²) in [7, 11) is 6.13. The zero-order chi connectivity index (χ0) is 27.9. The van der Waals surface area contributed by atoms with Gasteiger partial charge in [-0.15, -0.1) is 0 Å². The molecule has 0 aliphatic carbocycles. The Balaban J connectivity index is 1.57. The maximum Gasteiger partial charge on any atom is 0.308 e. The van der Waals surface area contributed by atoms with E-state index >= 15 is 0 Å². The van der Waals surface area contributed by atoms with Crippen molar-refractivity contribution >= 4 is 11.9 Å². The molecule has 0 bridgehead atoms. The smallest absolute Gasteiger partial charge is 0.308 e. The maximum atomic E-state index is 13.7. The van der Waals surface area contributed by atoms with E-state index in [0.29, 0.717) is 19.6 Å². The molecule has 214 valence electrons. The van der Waals surface area contributed by atoms with Gasteiger partial charge in [-0.2, -0.15) is 0 Å². The third-order valence-electron chi connectivity index (χ3n) is 8.43. The van der Waals surface area contributed by atoms with E-state index in [1.165, 1.54) is 5.69 Å². The molecule has 3 unspecified atom stereocenters. The quantitative estimate of drug-likeness (QED) is 0.396. The molecule has 1 aromatic heterocycles. The van der Waals surface area contributed by atoms with E-state index in [2.05, 4.69) is 47.5 Å². The lowest BCUT2D eigenvalue weighted by atomic mass is 9.83. The minimum atomic E-state index is -0.780. The van der Waals surface area contributed by atoms with Gasteiger partial charge in [-0.1, -0.05) is 25.5 Å². The Morgan fingerprint density at radius 2 is 1.92 bits per heavy atom. The average Bonchev–Trinajstić information content (AvgIpc) is 3.62. The third-order valence-corrected chi connectivity index (χ3v) is 8.43. The van der Waals surface area contributed by atoms with Crippen LogP contribution in [0.2, 0.25) is 0 Å². The van der Waals surface area contributed by atoms with E-state index in [1.807, 2.05) is 36.3 Å². The van der Waals surface area contributed by atoms with E-state index in [4.69, 9.17) is 4.74 Å². The number of aliphatic carboxylic acids is 1. The number of ether oxygens (including phenoxy) is 1. The number of carboxylic acids is 1. The molecule has 2 aromatic rings. The molecule has 1 fully saturated rings. The second-order valence-electron chi connectivity index (χ2n) is 11.5. The lowest BCUT2D eigenvalue weighted by Gasteiger charge is -2.30. The predicted octanol–water partition coefficient (Wildman–Crippen LogP) is 3.64. The van der Waals surface area contributed by atoms with Gasteiger partial charge in [-0.25, -0.2) is 0 Å². The number of fused-ring (bicyclic) bond motifs is 1. The molecule has 1 saturated heterocycles. The summed E-state index contributed by atoms with van der Waals surface area (Å²) in [6.45, 7) is 6.07. The summed E-state index contributed by atoms with van der Waals surface area (Å²) in [6, 6.07) is 10.0. The van der Waals surface area contributed by atoms with Gasteiger partial charge in [0.1, 0.15) is 5.75 Å². The number of hydrogen-bond donors (Lipinski definition) is 1. The highest BCUT2D eigenvalue weighted by Gasteiger charge is 2.47. The van der Waals surface area contributed by atoms with Crippen LogP contribution in [0.25, 0.3) is 0 Å². The van der Waals surface area contributed by atoms with Crippen LogP contribution in [0.3, 0.4) is 0 Å². The Bertz CT molecular complexity index is 1110. The molecule has 0 spiro atoms. The summed E-state index contributed by atoms with van der Waals surface area (Å²) in [5.74, 6) is -0.510. The molecule has 3 atom stereocenters. The van der Waals surface area contributed by atoms with Gasteiger partial charge in [0, 0.05) is 57.0 Å². The molecule has 3 heterocycles. The summed E-state index contributed by atoms with van der Waals surface area (Å²) in [5.41, 5.74) is 3.37. The summed E-state index contributed by atoms with van der Waals surface area (Å²) < 4.78 is 7.79. The highest BCUT2D eigenvalue weighted by molar-refractivity contribution is 5.79. The van der Waals surface area contributed by atoms with Crippen molar-refractivity contribution in [2.24, 2.45) is 13.0 Å². The van der Waals surface area contributed by atoms with E-state index in [-0.39, 0.29) is 24.4 Å². The Morgan fingerprint density at radius 3 is 2.62 bits per heavy atom. The second kappa shape index (κ2) is 13.5. The Labute approximate surface area is 233 Å².